The lowest BCUT2D eigenvalue weighted by atomic mass is 10.0. The van der Waals surface area contributed by atoms with Crippen LogP contribution in [0.1, 0.15) is 30.6 Å². The van der Waals surface area contributed by atoms with E-state index in [0.29, 0.717) is 17.7 Å². The molecule has 0 unspecified atom stereocenters. The molecular weight excluding hydrogens is 340 g/mol. The van der Waals surface area contributed by atoms with Gasteiger partial charge in [-0.15, -0.1) is 0 Å². The number of aromatic nitrogens is 2. The average Bonchev–Trinajstić information content (AvgIpc) is 2.95. The number of rotatable bonds is 7. The first-order valence-corrected chi connectivity index (χ1v) is 8.01. The van der Waals surface area contributed by atoms with E-state index in [2.05, 4.69) is 10.4 Å². The lowest BCUT2D eigenvalue weighted by Crippen LogP contribution is -2.41. The third-order valence-corrected chi connectivity index (χ3v) is 3.74. The molecule has 1 amide bonds. The molecule has 0 saturated carbocycles. The zero-order chi connectivity index (χ0) is 19.4. The number of benzene rings is 1. The molecule has 1 aromatic heterocycles. The molecule has 0 aliphatic heterocycles. The van der Waals surface area contributed by atoms with Crippen molar-refractivity contribution in [3.05, 3.63) is 46.1 Å². The first kappa shape index (κ1) is 19.1. The van der Waals surface area contributed by atoms with Crippen molar-refractivity contribution in [2.75, 3.05) is 0 Å². The van der Waals surface area contributed by atoms with Crippen molar-refractivity contribution in [2.45, 2.75) is 26.3 Å². The van der Waals surface area contributed by atoms with Gasteiger partial charge in [0.15, 0.2) is 0 Å². The van der Waals surface area contributed by atoms with Crippen molar-refractivity contribution in [2.24, 2.45) is 13.0 Å². The van der Waals surface area contributed by atoms with Gasteiger partial charge >= 0.3 is 5.97 Å². The van der Waals surface area contributed by atoms with Crippen LogP contribution >= 0.6 is 0 Å². The summed E-state index contributed by atoms with van der Waals surface area (Å²) in [5.41, 5.74) is 0.987. The standard InChI is InChI=1S/C17H20N4O5/c1-10(2)8-14(17(23)24)18-16(22)13-9-20(3)19-15(13)11-4-6-12(7-5-11)21(25)26/h4-7,9-10,14H,8H2,1-3H3,(H,18,22)(H,23,24)/t14-/m1/s1. The van der Waals surface area contributed by atoms with E-state index in [-0.39, 0.29) is 17.2 Å². The molecule has 1 aromatic carbocycles. The number of nitro groups is 1. The molecule has 2 N–H and O–H groups in total. The highest BCUT2D eigenvalue weighted by atomic mass is 16.6. The maximum atomic E-state index is 12.6. The van der Waals surface area contributed by atoms with Crippen LogP contribution in [0.15, 0.2) is 30.5 Å². The summed E-state index contributed by atoms with van der Waals surface area (Å²) in [6, 6.07) is 4.64. The number of carboxylic acids is 1. The third kappa shape index (κ3) is 4.44. The summed E-state index contributed by atoms with van der Waals surface area (Å²) < 4.78 is 1.43. The largest absolute Gasteiger partial charge is 0.480 e. The Morgan fingerprint density at radius 3 is 2.42 bits per heavy atom. The van der Waals surface area contributed by atoms with Gasteiger partial charge in [-0.25, -0.2) is 4.79 Å². The second-order valence-corrected chi connectivity index (χ2v) is 6.36. The molecule has 9 nitrogen and oxygen atoms in total. The van der Waals surface area contributed by atoms with Gasteiger partial charge < -0.3 is 10.4 Å². The second kappa shape index (κ2) is 7.77. The van der Waals surface area contributed by atoms with Gasteiger partial charge in [0.05, 0.1) is 10.5 Å². The van der Waals surface area contributed by atoms with Gasteiger partial charge in [0.1, 0.15) is 11.7 Å². The number of carboxylic acid groups (broad SMARTS) is 1. The number of nitrogens with zero attached hydrogens (tertiary/aromatic N) is 3. The zero-order valence-electron chi connectivity index (χ0n) is 14.7. The van der Waals surface area contributed by atoms with Crippen LogP contribution in [0, 0.1) is 16.0 Å². The van der Waals surface area contributed by atoms with Gasteiger partial charge in [-0.2, -0.15) is 5.10 Å². The first-order valence-electron chi connectivity index (χ1n) is 8.01. The van der Waals surface area contributed by atoms with Crippen molar-refractivity contribution >= 4 is 17.6 Å². The highest BCUT2D eigenvalue weighted by molar-refractivity contribution is 6.01. The van der Waals surface area contributed by atoms with E-state index < -0.39 is 22.8 Å². The van der Waals surface area contributed by atoms with E-state index in [9.17, 15) is 24.8 Å². The van der Waals surface area contributed by atoms with Crippen molar-refractivity contribution in [3.8, 4) is 11.3 Å². The highest BCUT2D eigenvalue weighted by Crippen LogP contribution is 2.24. The molecule has 138 valence electrons. The van der Waals surface area contributed by atoms with E-state index in [0.717, 1.165) is 0 Å². The van der Waals surface area contributed by atoms with Gasteiger partial charge in [-0.05, 0) is 24.5 Å². The molecule has 0 spiro atoms. The fourth-order valence-electron chi connectivity index (χ4n) is 2.54. The fourth-order valence-corrected chi connectivity index (χ4v) is 2.54. The van der Waals surface area contributed by atoms with Crippen molar-refractivity contribution in [1.29, 1.82) is 0 Å². The van der Waals surface area contributed by atoms with E-state index in [4.69, 9.17) is 0 Å². The summed E-state index contributed by atoms with van der Waals surface area (Å²) in [7, 11) is 1.63. The number of hydrogen-bond donors (Lipinski definition) is 2. The Morgan fingerprint density at radius 1 is 1.31 bits per heavy atom. The highest BCUT2D eigenvalue weighted by Gasteiger charge is 2.25. The SMILES string of the molecule is CC(C)C[C@@H](NC(=O)c1cn(C)nc1-c1ccc([N+](=O)[O-])cc1)C(=O)O. The van der Waals surface area contributed by atoms with E-state index >= 15 is 0 Å². The number of aryl methyl sites for hydroxylation is 1. The monoisotopic (exact) mass is 360 g/mol. The minimum atomic E-state index is -1.10. The number of carbonyl (C=O) groups is 2. The summed E-state index contributed by atoms with van der Waals surface area (Å²) in [6.45, 7) is 3.74. The molecule has 9 heteroatoms. The quantitative estimate of drug-likeness (QED) is 0.576. The van der Waals surface area contributed by atoms with Crippen LogP contribution in [0.5, 0.6) is 0 Å². The van der Waals surface area contributed by atoms with Crippen LogP contribution in [0.2, 0.25) is 0 Å². The third-order valence-electron chi connectivity index (χ3n) is 3.74. The van der Waals surface area contributed by atoms with Gasteiger partial charge in [-0.3, -0.25) is 19.6 Å². The molecule has 0 aliphatic carbocycles. The molecule has 1 atom stereocenters. The number of nitro benzene ring substituents is 1. The molecule has 0 aliphatic rings. The predicted octanol–water partition coefficient (Wildman–Crippen LogP) is 2.22. The Hall–Kier alpha value is -3.23. The van der Waals surface area contributed by atoms with Crippen LogP contribution < -0.4 is 5.32 Å². The van der Waals surface area contributed by atoms with Gasteiger partial charge in [-0.1, -0.05) is 13.8 Å². The Labute approximate surface area is 149 Å². The minimum Gasteiger partial charge on any atom is -0.480 e. The van der Waals surface area contributed by atoms with Crippen LogP contribution in [0.3, 0.4) is 0 Å². The summed E-state index contributed by atoms with van der Waals surface area (Å²) in [5, 5.41) is 26.8. The number of nitrogens with one attached hydrogen (secondary N) is 1. The van der Waals surface area contributed by atoms with E-state index in [1.165, 1.54) is 35.1 Å². The summed E-state index contributed by atoms with van der Waals surface area (Å²) in [4.78, 5) is 34.2. The first-order chi connectivity index (χ1) is 12.2. The number of non-ortho nitro benzene ring substituents is 1. The van der Waals surface area contributed by atoms with Gasteiger partial charge in [0.25, 0.3) is 11.6 Å². The van der Waals surface area contributed by atoms with Crippen LogP contribution in [-0.4, -0.2) is 37.7 Å². The predicted molar refractivity (Wildman–Crippen MR) is 93.6 cm³/mol. The molecule has 0 fully saturated rings. The van der Waals surface area contributed by atoms with Crippen LogP contribution in [0.25, 0.3) is 11.3 Å². The topological polar surface area (TPSA) is 127 Å². The van der Waals surface area contributed by atoms with E-state index in [1.807, 2.05) is 13.8 Å². The summed E-state index contributed by atoms with van der Waals surface area (Å²) >= 11 is 0. The molecule has 26 heavy (non-hydrogen) atoms. The summed E-state index contributed by atoms with van der Waals surface area (Å²) in [5.74, 6) is -1.56. The number of amides is 1. The molecule has 1 heterocycles. The maximum Gasteiger partial charge on any atom is 0.326 e. The normalized spacial score (nSPS) is 12.0. The van der Waals surface area contributed by atoms with E-state index in [1.54, 1.807) is 7.05 Å². The number of carbonyl (C=O) groups excluding carboxylic acids is 1. The summed E-state index contributed by atoms with van der Waals surface area (Å²) in [6.07, 6.45) is 1.79. The van der Waals surface area contributed by atoms with Crippen molar-refractivity contribution in [3.63, 3.8) is 0 Å². The lowest BCUT2D eigenvalue weighted by Gasteiger charge is -2.16. The second-order valence-electron chi connectivity index (χ2n) is 6.36. The fraction of sp³-hybridized carbons (Fsp3) is 0.353. The Kier molecular flexibility index (Phi) is 5.71. The lowest BCUT2D eigenvalue weighted by molar-refractivity contribution is -0.384. The number of aliphatic carboxylic acids is 1. The van der Waals surface area contributed by atoms with Gasteiger partial charge in [0.2, 0.25) is 0 Å². The zero-order valence-corrected chi connectivity index (χ0v) is 14.7. The smallest absolute Gasteiger partial charge is 0.326 e. The average molecular weight is 360 g/mol. The van der Waals surface area contributed by atoms with Crippen LogP contribution in [0.4, 0.5) is 5.69 Å². The maximum absolute atomic E-state index is 12.6. The Morgan fingerprint density at radius 2 is 1.92 bits per heavy atom. The van der Waals surface area contributed by atoms with Gasteiger partial charge in [0, 0.05) is 30.9 Å². The Bertz CT molecular complexity index is 826. The van der Waals surface area contributed by atoms with Crippen molar-refractivity contribution < 1.29 is 19.6 Å². The molecule has 2 aromatic rings. The molecular formula is C17H20N4O5. The minimum absolute atomic E-state index is 0.0708. The molecule has 2 rings (SSSR count). The molecule has 0 bridgehead atoms. The van der Waals surface area contributed by atoms with Crippen molar-refractivity contribution in [1.82, 2.24) is 15.1 Å². The molecule has 0 radical (unpaired) electrons. The molecule has 0 saturated heterocycles. The Balaban J connectivity index is 2.31. The van der Waals surface area contributed by atoms with Crippen LogP contribution in [-0.2, 0) is 11.8 Å². The number of hydrogen-bond acceptors (Lipinski definition) is 5.